The van der Waals surface area contributed by atoms with Crippen molar-refractivity contribution in [3.05, 3.63) is 115 Å². The molecule has 0 fully saturated rings. The standard InChI is InChI=1S/C31H19NOS/c1-2-9-20(10-3-1)23-13-7-15-25-26-16-8-14-24(30(26)34-29(23)25)21-11-6-12-22(19-21)31-32-27-17-4-5-18-28(27)33-31/h1-19H. The number of hydrogen-bond donors (Lipinski definition) is 0. The van der Waals surface area contributed by atoms with Gasteiger partial charge in [-0.15, -0.1) is 11.3 Å². The number of thiophene rings is 1. The van der Waals surface area contributed by atoms with Crippen LogP contribution in [0.15, 0.2) is 120 Å². The molecule has 5 aromatic carbocycles. The van der Waals surface area contributed by atoms with Gasteiger partial charge >= 0.3 is 0 Å². The van der Waals surface area contributed by atoms with Crippen molar-refractivity contribution >= 4 is 42.6 Å². The lowest BCUT2D eigenvalue weighted by Gasteiger charge is -2.05. The number of nitrogens with zero attached hydrogens (tertiary/aromatic N) is 1. The average Bonchev–Trinajstić information content (AvgIpc) is 3.51. The molecule has 160 valence electrons. The van der Waals surface area contributed by atoms with Gasteiger partial charge in [0.05, 0.1) is 0 Å². The van der Waals surface area contributed by atoms with E-state index in [4.69, 9.17) is 9.40 Å². The summed E-state index contributed by atoms with van der Waals surface area (Å²) in [4.78, 5) is 4.70. The molecule has 0 bridgehead atoms. The zero-order valence-electron chi connectivity index (χ0n) is 18.2. The molecule has 0 aliphatic carbocycles. The van der Waals surface area contributed by atoms with Crippen molar-refractivity contribution in [2.45, 2.75) is 0 Å². The summed E-state index contributed by atoms with van der Waals surface area (Å²) >= 11 is 1.87. The first-order valence-corrected chi connectivity index (χ1v) is 12.1. The summed E-state index contributed by atoms with van der Waals surface area (Å²) in [5.74, 6) is 0.651. The molecule has 2 nitrogen and oxygen atoms in total. The quantitative estimate of drug-likeness (QED) is 0.266. The summed E-state index contributed by atoms with van der Waals surface area (Å²) in [5, 5.41) is 2.60. The maximum atomic E-state index is 6.04. The molecule has 7 aromatic rings. The summed E-state index contributed by atoms with van der Waals surface area (Å²) in [6.45, 7) is 0. The average molecular weight is 454 g/mol. The second-order valence-electron chi connectivity index (χ2n) is 8.40. The molecular formula is C31H19NOS. The Balaban J connectivity index is 1.42. The third kappa shape index (κ3) is 3.06. The van der Waals surface area contributed by atoms with Gasteiger partial charge in [0, 0.05) is 25.7 Å². The minimum atomic E-state index is 0.651. The van der Waals surface area contributed by atoms with Gasteiger partial charge in [0.15, 0.2) is 5.58 Å². The Bertz CT molecular complexity index is 1780. The van der Waals surface area contributed by atoms with Gasteiger partial charge in [-0.1, -0.05) is 91.0 Å². The highest BCUT2D eigenvalue weighted by Gasteiger charge is 2.15. The highest BCUT2D eigenvalue weighted by Crippen LogP contribution is 2.44. The van der Waals surface area contributed by atoms with Gasteiger partial charge in [-0.05, 0) is 46.5 Å². The summed E-state index contributed by atoms with van der Waals surface area (Å²) < 4.78 is 8.66. The topological polar surface area (TPSA) is 26.0 Å². The minimum absolute atomic E-state index is 0.651. The van der Waals surface area contributed by atoms with E-state index in [0.717, 1.165) is 22.2 Å². The van der Waals surface area contributed by atoms with E-state index in [1.165, 1.54) is 36.9 Å². The number of para-hydroxylation sites is 2. The van der Waals surface area contributed by atoms with E-state index in [9.17, 15) is 0 Å². The van der Waals surface area contributed by atoms with Gasteiger partial charge in [0.25, 0.3) is 0 Å². The van der Waals surface area contributed by atoms with E-state index in [-0.39, 0.29) is 0 Å². The van der Waals surface area contributed by atoms with Crippen LogP contribution in [0.1, 0.15) is 0 Å². The van der Waals surface area contributed by atoms with Crippen LogP contribution in [0.2, 0.25) is 0 Å². The lowest BCUT2D eigenvalue weighted by atomic mass is 9.99. The monoisotopic (exact) mass is 453 g/mol. The SMILES string of the molecule is c1ccc(-c2cccc3c2sc2c(-c4cccc(-c5nc6ccccc6o5)c4)cccc23)cc1. The molecule has 0 atom stereocenters. The predicted octanol–water partition coefficient (Wildman–Crippen LogP) is 9.20. The highest BCUT2D eigenvalue weighted by molar-refractivity contribution is 7.26. The van der Waals surface area contributed by atoms with Crippen LogP contribution < -0.4 is 0 Å². The van der Waals surface area contributed by atoms with E-state index < -0.39 is 0 Å². The maximum absolute atomic E-state index is 6.04. The van der Waals surface area contributed by atoms with Gasteiger partial charge in [0.1, 0.15) is 5.52 Å². The lowest BCUT2D eigenvalue weighted by Crippen LogP contribution is -1.82. The van der Waals surface area contributed by atoms with Crippen molar-refractivity contribution in [3.8, 4) is 33.7 Å². The van der Waals surface area contributed by atoms with Crippen LogP contribution in [0, 0.1) is 0 Å². The van der Waals surface area contributed by atoms with Gasteiger partial charge in [-0.3, -0.25) is 0 Å². The fourth-order valence-electron chi connectivity index (χ4n) is 4.71. The van der Waals surface area contributed by atoms with Gasteiger partial charge in [0.2, 0.25) is 5.89 Å². The Kier molecular flexibility index (Phi) is 4.36. The second-order valence-corrected chi connectivity index (χ2v) is 9.42. The summed E-state index contributed by atoms with van der Waals surface area (Å²) in [5.41, 5.74) is 7.60. The maximum Gasteiger partial charge on any atom is 0.227 e. The largest absolute Gasteiger partial charge is 0.436 e. The Labute approximate surface area is 200 Å². The summed E-state index contributed by atoms with van der Waals surface area (Å²) in [6.07, 6.45) is 0. The Hall–Kier alpha value is -4.21. The molecule has 2 heterocycles. The zero-order valence-corrected chi connectivity index (χ0v) is 19.0. The Morgan fingerprint density at radius 1 is 0.529 bits per heavy atom. The molecule has 0 spiro atoms. The van der Waals surface area contributed by atoms with Gasteiger partial charge < -0.3 is 4.42 Å². The third-order valence-corrected chi connectivity index (χ3v) is 7.61. The summed E-state index contributed by atoms with van der Waals surface area (Å²) in [7, 11) is 0. The Morgan fingerprint density at radius 2 is 1.15 bits per heavy atom. The number of aromatic nitrogens is 1. The van der Waals surface area contributed by atoms with Crippen LogP contribution in [-0.4, -0.2) is 4.98 Å². The fourth-order valence-corrected chi connectivity index (χ4v) is 6.08. The first kappa shape index (κ1) is 19.3. The van der Waals surface area contributed by atoms with Crippen LogP contribution in [0.4, 0.5) is 0 Å². The van der Waals surface area contributed by atoms with Crippen molar-refractivity contribution < 1.29 is 4.42 Å². The molecule has 3 heteroatoms. The van der Waals surface area contributed by atoms with Crippen molar-refractivity contribution in [2.75, 3.05) is 0 Å². The smallest absolute Gasteiger partial charge is 0.227 e. The molecule has 0 N–H and O–H groups in total. The van der Waals surface area contributed by atoms with Crippen molar-refractivity contribution in [1.82, 2.24) is 4.98 Å². The third-order valence-electron chi connectivity index (χ3n) is 6.32. The number of oxazole rings is 1. The van der Waals surface area contributed by atoms with Gasteiger partial charge in [-0.2, -0.15) is 0 Å². The molecule has 0 unspecified atom stereocenters. The first-order chi connectivity index (χ1) is 16.8. The van der Waals surface area contributed by atoms with E-state index >= 15 is 0 Å². The highest BCUT2D eigenvalue weighted by atomic mass is 32.1. The Morgan fingerprint density at radius 3 is 1.91 bits per heavy atom. The van der Waals surface area contributed by atoms with E-state index in [2.05, 4.69) is 91.0 Å². The normalized spacial score (nSPS) is 11.5. The number of benzene rings is 5. The van der Waals surface area contributed by atoms with Crippen molar-refractivity contribution in [2.24, 2.45) is 0 Å². The predicted molar refractivity (Wildman–Crippen MR) is 143 cm³/mol. The number of hydrogen-bond acceptors (Lipinski definition) is 3. The van der Waals surface area contributed by atoms with Gasteiger partial charge in [-0.25, -0.2) is 4.98 Å². The summed E-state index contributed by atoms with van der Waals surface area (Å²) in [6, 6.07) is 40.3. The van der Waals surface area contributed by atoms with Crippen LogP contribution >= 0.6 is 11.3 Å². The van der Waals surface area contributed by atoms with E-state index in [1.807, 2.05) is 35.6 Å². The molecule has 0 aliphatic heterocycles. The van der Waals surface area contributed by atoms with Crippen molar-refractivity contribution in [3.63, 3.8) is 0 Å². The number of fused-ring (bicyclic) bond motifs is 4. The molecule has 34 heavy (non-hydrogen) atoms. The van der Waals surface area contributed by atoms with Crippen LogP contribution in [0.25, 0.3) is 65.0 Å². The van der Waals surface area contributed by atoms with E-state index in [0.29, 0.717) is 5.89 Å². The molecule has 0 amide bonds. The number of rotatable bonds is 3. The second kappa shape index (κ2) is 7.68. The lowest BCUT2D eigenvalue weighted by molar-refractivity contribution is 0.620. The molecule has 0 radical (unpaired) electrons. The fraction of sp³-hybridized carbons (Fsp3) is 0. The zero-order chi connectivity index (χ0) is 22.5. The van der Waals surface area contributed by atoms with Crippen LogP contribution in [0.3, 0.4) is 0 Å². The van der Waals surface area contributed by atoms with E-state index in [1.54, 1.807) is 0 Å². The van der Waals surface area contributed by atoms with Crippen LogP contribution in [0.5, 0.6) is 0 Å². The molecular weight excluding hydrogens is 434 g/mol. The molecule has 7 rings (SSSR count). The minimum Gasteiger partial charge on any atom is -0.436 e. The molecule has 0 aliphatic rings. The molecule has 0 saturated heterocycles. The van der Waals surface area contributed by atoms with Crippen molar-refractivity contribution in [1.29, 1.82) is 0 Å². The molecule has 2 aromatic heterocycles. The first-order valence-electron chi connectivity index (χ1n) is 11.3. The van der Waals surface area contributed by atoms with Crippen LogP contribution in [-0.2, 0) is 0 Å². The molecule has 0 saturated carbocycles.